The second-order valence-corrected chi connectivity index (χ2v) is 1.23. The van der Waals surface area contributed by atoms with Gasteiger partial charge in [-0.2, -0.15) is 0 Å². The maximum Gasteiger partial charge on any atom is 2.00 e. The summed E-state index contributed by atoms with van der Waals surface area (Å²) in [5.41, 5.74) is 4.72. The van der Waals surface area contributed by atoms with Crippen LogP contribution >= 0.6 is 0 Å². The summed E-state index contributed by atoms with van der Waals surface area (Å²) in [6.07, 6.45) is 0. The van der Waals surface area contributed by atoms with Gasteiger partial charge in [-0.15, -0.1) is 0 Å². The Kier molecular flexibility index (Phi) is 7.02. The first-order valence-electron chi connectivity index (χ1n) is 1.61. The number of hydrogen-bond acceptors (Lipinski definition) is 1. The fourth-order valence-corrected chi connectivity index (χ4v) is 0. The Morgan fingerprint density at radius 2 is 1.86 bits per heavy atom. The molecule has 0 aliphatic carbocycles. The summed E-state index contributed by atoms with van der Waals surface area (Å²) in [4.78, 5) is 11.2. The molecule has 0 fully saturated rings. The third kappa shape index (κ3) is 6.53. The molecular formula is C3H10CaN2O. The zero-order valence-corrected chi connectivity index (χ0v) is 6.85. The van der Waals surface area contributed by atoms with E-state index < -0.39 is 6.03 Å². The topological polar surface area (TPSA) is 46.3 Å². The van der Waals surface area contributed by atoms with Gasteiger partial charge in [0.15, 0.2) is 0 Å². The van der Waals surface area contributed by atoms with E-state index in [1.807, 2.05) is 0 Å². The Balaban J connectivity index is -0.0000000417. The number of nitrogens with zero attached hydrogens (tertiary/aromatic N) is 1. The zero-order valence-electron chi connectivity index (χ0n) is 6.64. The first-order chi connectivity index (χ1) is 2.64. The van der Waals surface area contributed by atoms with Crippen molar-refractivity contribution in [2.45, 2.75) is 0 Å². The van der Waals surface area contributed by atoms with Crippen LogP contribution in [0.15, 0.2) is 0 Å². The summed E-state index contributed by atoms with van der Waals surface area (Å²) >= 11 is 0. The van der Waals surface area contributed by atoms with Gasteiger partial charge >= 0.3 is 43.8 Å². The van der Waals surface area contributed by atoms with Crippen LogP contribution in [0.2, 0.25) is 0 Å². The molecule has 2 N–H and O–H groups in total. The van der Waals surface area contributed by atoms with E-state index in [-0.39, 0.29) is 40.6 Å². The van der Waals surface area contributed by atoms with Crippen molar-refractivity contribution in [2.24, 2.45) is 5.73 Å². The number of amides is 2. The molecule has 0 heterocycles. The van der Waals surface area contributed by atoms with Gasteiger partial charge in [-0.25, -0.2) is 4.79 Å². The summed E-state index contributed by atoms with van der Waals surface area (Å²) in [6, 6.07) is -0.407. The zero-order chi connectivity index (χ0) is 5.15. The van der Waals surface area contributed by atoms with Crippen molar-refractivity contribution in [3.63, 3.8) is 0 Å². The summed E-state index contributed by atoms with van der Waals surface area (Å²) < 4.78 is 0. The van der Waals surface area contributed by atoms with Crippen molar-refractivity contribution in [1.82, 2.24) is 4.90 Å². The average Bonchev–Trinajstić information content (AvgIpc) is 1.36. The number of rotatable bonds is 0. The van der Waals surface area contributed by atoms with Crippen molar-refractivity contribution in [1.29, 1.82) is 0 Å². The molecule has 0 unspecified atom stereocenters. The molecule has 0 bridgehead atoms. The molecule has 0 aromatic rings. The van der Waals surface area contributed by atoms with Crippen LogP contribution in [0.4, 0.5) is 4.79 Å². The van der Waals surface area contributed by atoms with Crippen molar-refractivity contribution in [3.05, 3.63) is 0 Å². The third-order valence-electron chi connectivity index (χ3n) is 0.441. The molecule has 2 amide bonds. The van der Waals surface area contributed by atoms with Gasteiger partial charge in [0.2, 0.25) is 0 Å². The Labute approximate surface area is 75.8 Å². The third-order valence-corrected chi connectivity index (χ3v) is 0.441. The number of urea groups is 1. The first-order valence-corrected chi connectivity index (χ1v) is 1.61. The van der Waals surface area contributed by atoms with Crippen LogP contribution in [0.25, 0.3) is 0 Å². The number of carbonyl (C=O) groups excluding carboxylic acids is 1. The standard InChI is InChI=1S/C3H8N2O.Ca.2H/c1-5(2)3(4)6;;;/h1-2H3,(H2,4,6);;;/q;+2;2*-1. The fourth-order valence-electron chi connectivity index (χ4n) is 0. The van der Waals surface area contributed by atoms with Gasteiger partial charge in [0.05, 0.1) is 0 Å². The molecule has 40 valence electrons. The van der Waals surface area contributed by atoms with Crippen LogP contribution in [-0.4, -0.2) is 62.8 Å². The predicted octanol–water partition coefficient (Wildman–Crippen LogP) is -0.529. The fraction of sp³-hybridized carbons (Fsp3) is 0.667. The largest absolute Gasteiger partial charge is 2.00 e. The van der Waals surface area contributed by atoms with Crippen LogP contribution in [0.1, 0.15) is 2.85 Å². The molecule has 3 nitrogen and oxygen atoms in total. The monoisotopic (exact) mass is 130 g/mol. The minimum absolute atomic E-state index is 0. The molecule has 0 aromatic heterocycles. The molecule has 0 saturated heterocycles. The van der Waals surface area contributed by atoms with E-state index >= 15 is 0 Å². The van der Waals surface area contributed by atoms with E-state index in [4.69, 9.17) is 5.73 Å². The second kappa shape index (κ2) is 4.68. The molecule has 0 rings (SSSR count). The van der Waals surface area contributed by atoms with Gasteiger partial charge in [0.1, 0.15) is 0 Å². The molecule has 0 aromatic carbocycles. The van der Waals surface area contributed by atoms with Gasteiger partial charge in [0.25, 0.3) is 0 Å². The van der Waals surface area contributed by atoms with Crippen LogP contribution < -0.4 is 5.73 Å². The van der Waals surface area contributed by atoms with E-state index in [1.165, 1.54) is 4.90 Å². The normalized spacial score (nSPS) is 6.57. The van der Waals surface area contributed by atoms with Crippen LogP contribution in [0, 0.1) is 0 Å². The van der Waals surface area contributed by atoms with Crippen molar-refractivity contribution >= 4 is 43.8 Å². The van der Waals surface area contributed by atoms with E-state index in [1.54, 1.807) is 14.1 Å². The molecule has 0 spiro atoms. The Morgan fingerprint density at radius 1 is 1.71 bits per heavy atom. The van der Waals surface area contributed by atoms with Gasteiger partial charge in [-0.3, -0.25) is 0 Å². The van der Waals surface area contributed by atoms with Gasteiger partial charge in [0, 0.05) is 14.1 Å². The second-order valence-electron chi connectivity index (χ2n) is 1.23. The summed E-state index contributed by atoms with van der Waals surface area (Å²) in [6.45, 7) is 0. The minimum atomic E-state index is -0.407. The SMILES string of the molecule is CN(C)C(N)=O.[Ca+2].[H-].[H-]. The van der Waals surface area contributed by atoms with E-state index in [0.29, 0.717) is 0 Å². The van der Waals surface area contributed by atoms with E-state index in [0.717, 1.165) is 0 Å². The first kappa shape index (κ1) is 10.5. The van der Waals surface area contributed by atoms with Crippen LogP contribution in [0.3, 0.4) is 0 Å². The maximum absolute atomic E-state index is 9.85. The summed E-state index contributed by atoms with van der Waals surface area (Å²) in [7, 11) is 3.20. The van der Waals surface area contributed by atoms with Gasteiger partial charge in [-0.1, -0.05) is 0 Å². The van der Waals surface area contributed by atoms with E-state index in [2.05, 4.69) is 0 Å². The molecule has 0 atom stereocenters. The average molecular weight is 130 g/mol. The molecule has 7 heavy (non-hydrogen) atoms. The summed E-state index contributed by atoms with van der Waals surface area (Å²) in [5, 5.41) is 0. The van der Waals surface area contributed by atoms with Crippen LogP contribution in [0.5, 0.6) is 0 Å². The smallest absolute Gasteiger partial charge is 1.00 e. The number of carbonyl (C=O) groups is 1. The van der Waals surface area contributed by atoms with Crippen molar-refractivity contribution in [2.75, 3.05) is 14.1 Å². The molecule has 0 aliphatic heterocycles. The molecule has 4 heteroatoms. The number of nitrogens with two attached hydrogens (primary N) is 1. The molecular weight excluding hydrogens is 120 g/mol. The van der Waals surface area contributed by atoms with Crippen molar-refractivity contribution < 1.29 is 7.65 Å². The maximum atomic E-state index is 9.85. The number of hydrogen-bond donors (Lipinski definition) is 1. The Hall–Kier alpha value is 0.530. The predicted molar refractivity (Wildman–Crippen MR) is 31.2 cm³/mol. The molecule has 0 saturated carbocycles. The molecule has 0 radical (unpaired) electrons. The minimum Gasteiger partial charge on any atom is -1.00 e. The Bertz CT molecular complexity index is 70.8. The quantitative estimate of drug-likeness (QED) is 0.440. The van der Waals surface area contributed by atoms with E-state index in [9.17, 15) is 4.79 Å². The van der Waals surface area contributed by atoms with Gasteiger partial charge < -0.3 is 13.5 Å². The van der Waals surface area contributed by atoms with Gasteiger partial charge in [-0.05, 0) is 0 Å². The Morgan fingerprint density at radius 3 is 1.86 bits per heavy atom. The van der Waals surface area contributed by atoms with Crippen LogP contribution in [-0.2, 0) is 0 Å². The number of primary amides is 1. The van der Waals surface area contributed by atoms with Crippen molar-refractivity contribution in [3.8, 4) is 0 Å². The molecule has 0 aliphatic rings. The summed E-state index contributed by atoms with van der Waals surface area (Å²) in [5.74, 6) is 0.